The van der Waals surface area contributed by atoms with Crippen LogP contribution in [0.25, 0.3) is 0 Å². The summed E-state index contributed by atoms with van der Waals surface area (Å²) in [5, 5.41) is 15.9. The molecule has 0 radical (unpaired) electrons. The second kappa shape index (κ2) is 13.6. The summed E-state index contributed by atoms with van der Waals surface area (Å²) in [6.45, 7) is 3.13. The SMILES string of the molecule is CC(C)C(NC(=O)C(N)CC(N)=O)C(=O)NC(CC(N)=O)C(=O)NC(CCC(N)=O)C(=O)O. The van der Waals surface area contributed by atoms with E-state index >= 15 is 0 Å². The Morgan fingerprint density at radius 2 is 1.24 bits per heavy atom. The molecule has 0 bridgehead atoms. The first kappa shape index (κ1) is 29.2. The number of carboxylic acids is 1. The van der Waals surface area contributed by atoms with Gasteiger partial charge in [-0.1, -0.05) is 13.8 Å². The van der Waals surface area contributed by atoms with Gasteiger partial charge in [0.25, 0.3) is 0 Å². The van der Waals surface area contributed by atoms with Gasteiger partial charge in [-0.3, -0.25) is 28.8 Å². The van der Waals surface area contributed by atoms with Crippen LogP contribution in [0.15, 0.2) is 0 Å². The first-order chi connectivity index (χ1) is 15.1. The molecular weight excluding hydrogens is 442 g/mol. The van der Waals surface area contributed by atoms with Crippen LogP contribution < -0.4 is 38.9 Å². The van der Waals surface area contributed by atoms with Gasteiger partial charge >= 0.3 is 5.97 Å². The van der Waals surface area contributed by atoms with Gasteiger partial charge in [0, 0.05) is 6.42 Å². The number of primary amides is 3. The monoisotopic (exact) mass is 473 g/mol. The van der Waals surface area contributed by atoms with Crippen LogP contribution in [0.3, 0.4) is 0 Å². The van der Waals surface area contributed by atoms with Crippen molar-refractivity contribution in [3.05, 3.63) is 0 Å². The highest BCUT2D eigenvalue weighted by atomic mass is 16.4. The van der Waals surface area contributed by atoms with Crippen molar-refractivity contribution in [1.82, 2.24) is 16.0 Å². The van der Waals surface area contributed by atoms with Gasteiger partial charge in [-0.2, -0.15) is 0 Å². The number of carboxylic acid groups (broad SMARTS) is 1. The van der Waals surface area contributed by atoms with Crippen LogP contribution in [-0.2, 0) is 33.6 Å². The van der Waals surface area contributed by atoms with Crippen molar-refractivity contribution in [1.29, 1.82) is 0 Å². The van der Waals surface area contributed by atoms with Crippen molar-refractivity contribution in [3.63, 3.8) is 0 Å². The van der Waals surface area contributed by atoms with Gasteiger partial charge in [0.05, 0.1) is 18.9 Å². The standard InChI is InChI=1S/C18H31N7O8/c1-7(2)14(25-15(29)8(19)5-12(21)27)17(31)24-10(6-13(22)28)16(30)23-9(18(32)33)3-4-11(20)26/h7-10,14H,3-6,19H2,1-2H3,(H2,20,26)(H2,21,27)(H2,22,28)(H,23,30)(H,24,31)(H,25,29)(H,32,33). The topological polar surface area (TPSA) is 280 Å². The van der Waals surface area contributed by atoms with Crippen molar-refractivity contribution in [2.24, 2.45) is 28.9 Å². The van der Waals surface area contributed by atoms with Crippen LogP contribution in [0.4, 0.5) is 0 Å². The number of rotatable bonds is 15. The van der Waals surface area contributed by atoms with Gasteiger partial charge in [0.2, 0.25) is 35.4 Å². The second-order valence-corrected chi connectivity index (χ2v) is 7.64. The number of carbonyl (C=O) groups is 7. The van der Waals surface area contributed by atoms with Gasteiger partial charge in [-0.25, -0.2) is 4.79 Å². The smallest absolute Gasteiger partial charge is 0.326 e. The molecule has 4 atom stereocenters. The molecule has 0 saturated heterocycles. The Morgan fingerprint density at radius 1 is 0.727 bits per heavy atom. The quantitative estimate of drug-likeness (QED) is 0.114. The van der Waals surface area contributed by atoms with Crippen LogP contribution in [-0.4, -0.2) is 70.7 Å². The van der Waals surface area contributed by atoms with Crippen LogP contribution in [0.1, 0.15) is 39.5 Å². The van der Waals surface area contributed by atoms with Crippen LogP contribution >= 0.6 is 0 Å². The number of hydrogen-bond donors (Lipinski definition) is 8. The van der Waals surface area contributed by atoms with Crippen molar-refractivity contribution < 1.29 is 38.7 Å². The summed E-state index contributed by atoms with van der Waals surface area (Å²) < 4.78 is 0. The molecule has 0 aliphatic rings. The van der Waals surface area contributed by atoms with Gasteiger partial charge in [0.15, 0.2) is 0 Å². The van der Waals surface area contributed by atoms with E-state index in [1.165, 1.54) is 0 Å². The normalized spacial score (nSPS) is 14.3. The fourth-order valence-corrected chi connectivity index (χ4v) is 2.59. The molecule has 0 heterocycles. The highest BCUT2D eigenvalue weighted by Crippen LogP contribution is 2.06. The highest BCUT2D eigenvalue weighted by Gasteiger charge is 2.32. The van der Waals surface area contributed by atoms with E-state index in [4.69, 9.17) is 22.9 Å². The summed E-state index contributed by atoms with van der Waals surface area (Å²) in [6.07, 6.45) is -1.81. The number of hydrogen-bond acceptors (Lipinski definition) is 8. The van der Waals surface area contributed by atoms with Crippen LogP contribution in [0.2, 0.25) is 0 Å². The summed E-state index contributed by atoms with van der Waals surface area (Å²) in [7, 11) is 0. The minimum atomic E-state index is -1.58. The number of nitrogens with two attached hydrogens (primary N) is 4. The molecule has 0 aliphatic heterocycles. The maximum Gasteiger partial charge on any atom is 0.326 e. The van der Waals surface area contributed by atoms with Gasteiger partial charge in [-0.05, 0) is 12.3 Å². The number of nitrogens with one attached hydrogen (secondary N) is 3. The molecule has 0 aromatic carbocycles. The van der Waals surface area contributed by atoms with E-state index in [0.29, 0.717) is 0 Å². The Bertz CT molecular complexity index is 786. The summed E-state index contributed by atoms with van der Waals surface area (Å²) in [4.78, 5) is 82.0. The Labute approximate surface area is 189 Å². The molecule has 0 aromatic heterocycles. The molecule has 33 heavy (non-hydrogen) atoms. The zero-order chi connectivity index (χ0) is 25.9. The summed E-state index contributed by atoms with van der Waals surface area (Å²) >= 11 is 0. The van der Waals surface area contributed by atoms with E-state index in [1.807, 2.05) is 0 Å². The molecule has 6 amide bonds. The molecule has 0 aliphatic carbocycles. The Hall–Kier alpha value is -3.75. The summed E-state index contributed by atoms with van der Waals surface area (Å²) in [5.74, 6) is -7.38. The average molecular weight is 473 g/mol. The van der Waals surface area contributed by atoms with Crippen molar-refractivity contribution in [2.45, 2.75) is 63.7 Å². The lowest BCUT2D eigenvalue weighted by Gasteiger charge is -2.26. The molecule has 186 valence electrons. The van der Waals surface area contributed by atoms with E-state index in [2.05, 4.69) is 16.0 Å². The van der Waals surface area contributed by atoms with Crippen LogP contribution in [0, 0.1) is 5.92 Å². The Kier molecular flexibility index (Phi) is 12.1. The van der Waals surface area contributed by atoms with Gasteiger partial charge in [-0.15, -0.1) is 0 Å². The fourth-order valence-electron chi connectivity index (χ4n) is 2.59. The summed E-state index contributed by atoms with van der Waals surface area (Å²) in [6, 6.07) is -5.65. The molecular formula is C18H31N7O8. The molecule has 0 aromatic rings. The van der Waals surface area contributed by atoms with Crippen molar-refractivity contribution >= 4 is 41.4 Å². The third-order valence-corrected chi connectivity index (χ3v) is 4.34. The average Bonchev–Trinajstić information content (AvgIpc) is 2.66. The van der Waals surface area contributed by atoms with Crippen molar-refractivity contribution in [3.8, 4) is 0 Å². The predicted octanol–water partition coefficient (Wildman–Crippen LogP) is -4.48. The highest BCUT2D eigenvalue weighted by molar-refractivity contribution is 5.96. The third-order valence-electron chi connectivity index (χ3n) is 4.34. The predicted molar refractivity (Wildman–Crippen MR) is 112 cm³/mol. The molecule has 0 rings (SSSR count). The van der Waals surface area contributed by atoms with Crippen LogP contribution in [0.5, 0.6) is 0 Å². The van der Waals surface area contributed by atoms with E-state index in [1.54, 1.807) is 13.8 Å². The molecule has 0 fully saturated rings. The number of aliphatic carboxylic acids is 1. The van der Waals surface area contributed by atoms with E-state index in [0.717, 1.165) is 0 Å². The lowest BCUT2D eigenvalue weighted by Crippen LogP contribution is -2.59. The molecule has 15 heteroatoms. The molecule has 0 saturated carbocycles. The fraction of sp³-hybridized carbons (Fsp3) is 0.611. The molecule has 0 spiro atoms. The number of carbonyl (C=O) groups excluding carboxylic acids is 6. The molecule has 12 N–H and O–H groups in total. The zero-order valence-corrected chi connectivity index (χ0v) is 18.3. The van der Waals surface area contributed by atoms with Gasteiger partial charge in [0.1, 0.15) is 18.1 Å². The number of amides is 6. The second-order valence-electron chi connectivity index (χ2n) is 7.64. The lowest BCUT2D eigenvalue weighted by molar-refractivity contribution is -0.142. The minimum absolute atomic E-state index is 0.323. The maximum absolute atomic E-state index is 12.7. The van der Waals surface area contributed by atoms with Crippen molar-refractivity contribution in [2.75, 3.05) is 0 Å². The van der Waals surface area contributed by atoms with E-state index in [9.17, 15) is 38.7 Å². The molecule has 4 unspecified atom stereocenters. The van der Waals surface area contributed by atoms with E-state index < -0.39 is 84.3 Å². The summed E-state index contributed by atoms with van der Waals surface area (Å²) in [5.41, 5.74) is 20.7. The Morgan fingerprint density at radius 3 is 1.67 bits per heavy atom. The third kappa shape index (κ3) is 11.4. The first-order valence-corrected chi connectivity index (χ1v) is 9.90. The first-order valence-electron chi connectivity index (χ1n) is 9.90. The largest absolute Gasteiger partial charge is 0.480 e. The Balaban J connectivity index is 5.47. The maximum atomic E-state index is 12.7. The molecule has 15 nitrogen and oxygen atoms in total. The van der Waals surface area contributed by atoms with E-state index in [-0.39, 0.29) is 12.8 Å². The minimum Gasteiger partial charge on any atom is -0.480 e. The lowest BCUT2D eigenvalue weighted by atomic mass is 10.0. The van der Waals surface area contributed by atoms with Gasteiger partial charge < -0.3 is 44.0 Å². The zero-order valence-electron chi connectivity index (χ0n) is 18.3.